The zero-order valence-corrected chi connectivity index (χ0v) is 7.75. The van der Waals surface area contributed by atoms with Gasteiger partial charge in [0.05, 0.1) is 13.0 Å². The molecule has 3 heteroatoms. The van der Waals surface area contributed by atoms with Crippen molar-refractivity contribution in [3.05, 3.63) is 0 Å². The number of carbonyl (C=O) groups excluding carboxylic acids is 1. The summed E-state index contributed by atoms with van der Waals surface area (Å²) in [6.07, 6.45) is 3.08. The highest BCUT2D eigenvalue weighted by atomic mass is 16.5. The van der Waals surface area contributed by atoms with Gasteiger partial charge in [0.1, 0.15) is 0 Å². The lowest BCUT2D eigenvalue weighted by Gasteiger charge is -2.15. The molecule has 70 valence electrons. The first-order valence-corrected chi connectivity index (χ1v) is 4.48. The van der Waals surface area contributed by atoms with Crippen molar-refractivity contribution < 1.29 is 9.53 Å². The Morgan fingerprint density at radius 1 is 1.58 bits per heavy atom. The molecule has 0 bridgehead atoms. The molecule has 3 atom stereocenters. The van der Waals surface area contributed by atoms with Crippen LogP contribution in [0, 0.1) is 11.8 Å². The second-order valence-electron chi connectivity index (χ2n) is 3.65. The number of methoxy groups -OCH3 is 1. The number of hydrogen-bond donors (Lipinski definition) is 1. The van der Waals surface area contributed by atoms with Crippen LogP contribution in [0.5, 0.6) is 0 Å². The summed E-state index contributed by atoms with van der Waals surface area (Å²) < 4.78 is 4.68. The fourth-order valence-electron chi connectivity index (χ4n) is 1.89. The van der Waals surface area contributed by atoms with Crippen LogP contribution in [-0.2, 0) is 9.53 Å². The molecule has 1 fully saturated rings. The highest BCUT2D eigenvalue weighted by molar-refractivity contribution is 5.72. The Hall–Kier alpha value is -0.570. The van der Waals surface area contributed by atoms with E-state index in [-0.39, 0.29) is 11.9 Å². The van der Waals surface area contributed by atoms with E-state index in [9.17, 15) is 4.79 Å². The Bertz CT molecular complexity index is 170. The molecule has 1 rings (SSSR count). The van der Waals surface area contributed by atoms with E-state index in [0.717, 1.165) is 19.3 Å². The lowest BCUT2D eigenvalue weighted by molar-refractivity contribution is -0.146. The summed E-state index contributed by atoms with van der Waals surface area (Å²) in [5, 5.41) is 0. The molecule has 0 aromatic carbocycles. The molecule has 0 heterocycles. The third kappa shape index (κ3) is 1.97. The Morgan fingerprint density at radius 3 is 2.67 bits per heavy atom. The van der Waals surface area contributed by atoms with Crippen LogP contribution in [0.3, 0.4) is 0 Å². The monoisotopic (exact) mass is 171 g/mol. The molecule has 0 radical (unpaired) electrons. The quantitative estimate of drug-likeness (QED) is 0.629. The summed E-state index contributed by atoms with van der Waals surface area (Å²) in [4.78, 5) is 11.1. The van der Waals surface area contributed by atoms with Crippen molar-refractivity contribution >= 4 is 5.97 Å². The van der Waals surface area contributed by atoms with Gasteiger partial charge in [0, 0.05) is 6.04 Å². The largest absolute Gasteiger partial charge is 0.469 e. The summed E-state index contributed by atoms with van der Waals surface area (Å²) in [7, 11) is 1.44. The molecule has 0 saturated heterocycles. The van der Waals surface area contributed by atoms with Crippen molar-refractivity contribution in [3.63, 3.8) is 0 Å². The van der Waals surface area contributed by atoms with Crippen LogP contribution >= 0.6 is 0 Å². The standard InChI is InChI=1S/C9H17NO2/c1-6(9(11)12-2)7-3-4-8(10)5-7/h6-8H,3-5,10H2,1-2H3. The number of esters is 1. The van der Waals surface area contributed by atoms with Crippen LogP contribution in [0.2, 0.25) is 0 Å². The van der Waals surface area contributed by atoms with Crippen LogP contribution in [-0.4, -0.2) is 19.1 Å². The number of hydrogen-bond acceptors (Lipinski definition) is 3. The normalized spacial score (nSPS) is 31.6. The molecule has 1 saturated carbocycles. The van der Waals surface area contributed by atoms with Crippen molar-refractivity contribution in [2.45, 2.75) is 32.2 Å². The van der Waals surface area contributed by atoms with Crippen molar-refractivity contribution in [1.29, 1.82) is 0 Å². The van der Waals surface area contributed by atoms with Crippen LogP contribution in [0.1, 0.15) is 26.2 Å². The molecule has 1 aliphatic rings. The predicted octanol–water partition coefficient (Wildman–Crippen LogP) is 0.923. The average Bonchev–Trinajstić information content (AvgIpc) is 2.49. The minimum atomic E-state index is -0.103. The van der Waals surface area contributed by atoms with Gasteiger partial charge in [-0.2, -0.15) is 0 Å². The van der Waals surface area contributed by atoms with Crippen molar-refractivity contribution in [1.82, 2.24) is 0 Å². The molecule has 0 aromatic heterocycles. The third-order valence-corrected chi connectivity index (χ3v) is 2.79. The Kier molecular flexibility index (Phi) is 3.09. The van der Waals surface area contributed by atoms with Gasteiger partial charge in [0.2, 0.25) is 0 Å². The minimum absolute atomic E-state index is 0.0172. The Labute approximate surface area is 73.3 Å². The summed E-state index contributed by atoms with van der Waals surface area (Å²) >= 11 is 0. The lowest BCUT2D eigenvalue weighted by atomic mass is 9.92. The molecule has 0 spiro atoms. The van der Waals surface area contributed by atoms with Crippen LogP contribution in [0.15, 0.2) is 0 Å². The maximum absolute atomic E-state index is 11.1. The first-order chi connectivity index (χ1) is 5.65. The topological polar surface area (TPSA) is 52.3 Å². The second-order valence-corrected chi connectivity index (χ2v) is 3.65. The zero-order valence-electron chi connectivity index (χ0n) is 7.75. The SMILES string of the molecule is COC(=O)C(C)C1CCC(N)C1. The Balaban J connectivity index is 2.42. The van der Waals surface area contributed by atoms with E-state index >= 15 is 0 Å². The van der Waals surface area contributed by atoms with E-state index < -0.39 is 0 Å². The molecule has 0 amide bonds. The van der Waals surface area contributed by atoms with Crippen LogP contribution in [0.25, 0.3) is 0 Å². The van der Waals surface area contributed by atoms with Gasteiger partial charge in [-0.1, -0.05) is 6.92 Å². The van der Waals surface area contributed by atoms with Crippen molar-refractivity contribution in [3.8, 4) is 0 Å². The van der Waals surface area contributed by atoms with Gasteiger partial charge in [-0.15, -0.1) is 0 Å². The maximum atomic E-state index is 11.1. The van der Waals surface area contributed by atoms with Gasteiger partial charge in [0.15, 0.2) is 0 Å². The molecule has 3 unspecified atom stereocenters. The highest BCUT2D eigenvalue weighted by Crippen LogP contribution is 2.31. The minimum Gasteiger partial charge on any atom is -0.469 e. The van der Waals surface area contributed by atoms with E-state index in [0.29, 0.717) is 12.0 Å². The van der Waals surface area contributed by atoms with Crippen LogP contribution < -0.4 is 5.73 Å². The van der Waals surface area contributed by atoms with E-state index in [1.54, 1.807) is 0 Å². The van der Waals surface area contributed by atoms with E-state index in [1.807, 2.05) is 6.92 Å². The summed E-state index contributed by atoms with van der Waals surface area (Å²) in [6, 6.07) is 0.294. The number of carbonyl (C=O) groups is 1. The van der Waals surface area contributed by atoms with Gasteiger partial charge < -0.3 is 10.5 Å². The zero-order chi connectivity index (χ0) is 9.14. The molecule has 1 aliphatic carbocycles. The van der Waals surface area contributed by atoms with E-state index in [4.69, 9.17) is 5.73 Å². The average molecular weight is 171 g/mol. The highest BCUT2D eigenvalue weighted by Gasteiger charge is 2.30. The molecule has 3 nitrogen and oxygen atoms in total. The van der Waals surface area contributed by atoms with E-state index in [1.165, 1.54) is 7.11 Å². The predicted molar refractivity (Wildman–Crippen MR) is 46.5 cm³/mol. The summed E-state index contributed by atoms with van der Waals surface area (Å²) in [5.41, 5.74) is 5.75. The van der Waals surface area contributed by atoms with Gasteiger partial charge in [-0.05, 0) is 25.2 Å². The fourth-order valence-corrected chi connectivity index (χ4v) is 1.89. The molecule has 0 aromatic rings. The number of nitrogens with two attached hydrogens (primary N) is 1. The van der Waals surface area contributed by atoms with Gasteiger partial charge in [-0.3, -0.25) is 4.79 Å². The summed E-state index contributed by atoms with van der Waals surface area (Å²) in [5.74, 6) is 0.352. The van der Waals surface area contributed by atoms with Crippen molar-refractivity contribution in [2.24, 2.45) is 17.6 Å². The van der Waals surface area contributed by atoms with E-state index in [2.05, 4.69) is 4.74 Å². The second kappa shape index (κ2) is 3.90. The molecular weight excluding hydrogens is 154 g/mol. The van der Waals surface area contributed by atoms with Gasteiger partial charge in [0.25, 0.3) is 0 Å². The van der Waals surface area contributed by atoms with Crippen LogP contribution in [0.4, 0.5) is 0 Å². The van der Waals surface area contributed by atoms with Gasteiger partial charge in [-0.25, -0.2) is 0 Å². The first-order valence-electron chi connectivity index (χ1n) is 4.48. The molecule has 2 N–H and O–H groups in total. The lowest BCUT2D eigenvalue weighted by Crippen LogP contribution is -2.22. The smallest absolute Gasteiger partial charge is 0.308 e. The Morgan fingerprint density at radius 2 is 2.25 bits per heavy atom. The fraction of sp³-hybridized carbons (Fsp3) is 0.889. The maximum Gasteiger partial charge on any atom is 0.308 e. The number of ether oxygens (including phenoxy) is 1. The molecule has 0 aliphatic heterocycles. The molecule has 12 heavy (non-hydrogen) atoms. The molecular formula is C9H17NO2. The number of rotatable bonds is 2. The first kappa shape index (κ1) is 9.52. The third-order valence-electron chi connectivity index (χ3n) is 2.79. The van der Waals surface area contributed by atoms with Crippen molar-refractivity contribution in [2.75, 3.05) is 7.11 Å². The van der Waals surface area contributed by atoms with Gasteiger partial charge >= 0.3 is 5.97 Å². The summed E-state index contributed by atoms with van der Waals surface area (Å²) in [6.45, 7) is 1.93.